The molecule has 0 radical (unpaired) electrons. The number of rotatable bonds is 6. The lowest BCUT2D eigenvalue weighted by Crippen LogP contribution is -2.23. The highest BCUT2D eigenvalue weighted by Gasteiger charge is 2.26. The summed E-state index contributed by atoms with van der Waals surface area (Å²) in [5, 5.41) is 3.04. The molecule has 0 spiro atoms. The predicted molar refractivity (Wildman–Crippen MR) is 99.2 cm³/mol. The first-order valence-corrected chi connectivity index (χ1v) is 8.77. The number of nitrogens with one attached hydrogen (secondary N) is 1. The molecule has 1 amide bonds. The van der Waals surface area contributed by atoms with Crippen molar-refractivity contribution in [3.05, 3.63) is 17.8 Å². The van der Waals surface area contributed by atoms with Crippen molar-refractivity contribution in [3.8, 4) is 0 Å². The number of aromatic nitrogens is 3. The van der Waals surface area contributed by atoms with E-state index in [2.05, 4.69) is 33.7 Å². The van der Waals surface area contributed by atoms with Crippen molar-refractivity contribution in [1.82, 2.24) is 14.5 Å². The number of pyridine rings is 1. The maximum atomic E-state index is 12.4. The lowest BCUT2D eigenvalue weighted by atomic mass is 9.93. The van der Waals surface area contributed by atoms with Crippen molar-refractivity contribution in [2.75, 3.05) is 5.32 Å². The number of hydrogen-bond donors (Lipinski definition) is 1. The molecule has 0 aromatic carbocycles. The average Bonchev–Trinajstić information content (AvgIpc) is 2.81. The highest BCUT2D eigenvalue weighted by Crippen LogP contribution is 2.36. The second-order valence-corrected chi connectivity index (χ2v) is 6.62. The number of nitrogens with zero attached hydrogens (tertiary/aromatic N) is 3. The van der Waals surface area contributed by atoms with Crippen LogP contribution in [0.1, 0.15) is 71.5 Å². The van der Waals surface area contributed by atoms with Crippen molar-refractivity contribution in [2.45, 2.75) is 72.8 Å². The summed E-state index contributed by atoms with van der Waals surface area (Å²) in [7, 11) is 0. The van der Waals surface area contributed by atoms with E-state index in [0.717, 1.165) is 42.5 Å². The van der Waals surface area contributed by atoms with Crippen LogP contribution in [0.25, 0.3) is 11.2 Å². The van der Waals surface area contributed by atoms with Crippen LogP contribution in [0.5, 0.6) is 0 Å². The first-order valence-electron chi connectivity index (χ1n) is 8.77. The van der Waals surface area contributed by atoms with E-state index >= 15 is 0 Å². The maximum Gasteiger partial charge on any atom is 0.226 e. The van der Waals surface area contributed by atoms with Crippen LogP contribution in [0.3, 0.4) is 0 Å². The third kappa shape index (κ3) is 3.60. The number of hydrogen-bond acceptors (Lipinski definition) is 3. The summed E-state index contributed by atoms with van der Waals surface area (Å²) in [5.74, 6) is 1.17. The van der Waals surface area contributed by atoms with Crippen molar-refractivity contribution in [2.24, 2.45) is 5.92 Å². The Hall–Kier alpha value is -1.91. The summed E-state index contributed by atoms with van der Waals surface area (Å²) in [5.41, 5.74) is 2.74. The van der Waals surface area contributed by atoms with E-state index in [1.165, 1.54) is 6.42 Å². The Morgan fingerprint density at radius 3 is 2.58 bits per heavy atom. The van der Waals surface area contributed by atoms with Gasteiger partial charge in [0.15, 0.2) is 5.65 Å². The zero-order valence-corrected chi connectivity index (χ0v) is 14.3. The highest BCUT2D eigenvalue weighted by atomic mass is 16.1. The second-order valence-electron chi connectivity index (χ2n) is 6.62. The number of aryl methyl sites for hydroxylation is 1. The van der Waals surface area contributed by atoms with Crippen LogP contribution in [-0.2, 0) is 4.79 Å². The Labute approximate surface area is 144 Å². The van der Waals surface area contributed by atoms with Crippen molar-refractivity contribution >= 4 is 23.0 Å². The molecular formula is C19H30N4O. The quantitative estimate of drug-likeness (QED) is 0.822. The van der Waals surface area contributed by atoms with Gasteiger partial charge in [0.2, 0.25) is 11.9 Å². The fraction of sp³-hybridized carbons (Fsp3) is 0.632. The van der Waals surface area contributed by atoms with Gasteiger partial charge in [-0.1, -0.05) is 34.1 Å². The van der Waals surface area contributed by atoms with Gasteiger partial charge < -0.3 is 0 Å². The van der Waals surface area contributed by atoms with Gasteiger partial charge in [0.05, 0.1) is 0 Å². The number of carbonyl (C=O) groups is 1. The van der Waals surface area contributed by atoms with Crippen LogP contribution >= 0.6 is 0 Å². The molecule has 132 valence electrons. The summed E-state index contributed by atoms with van der Waals surface area (Å²) in [6.07, 6.45) is 6.13. The van der Waals surface area contributed by atoms with Crippen molar-refractivity contribution in [3.63, 3.8) is 0 Å². The van der Waals surface area contributed by atoms with Crippen molar-refractivity contribution in [1.29, 1.82) is 0 Å². The minimum absolute atomic E-state index is 0. The van der Waals surface area contributed by atoms with Gasteiger partial charge in [0.25, 0.3) is 0 Å². The molecule has 3 rings (SSSR count). The summed E-state index contributed by atoms with van der Waals surface area (Å²) in [6, 6.07) is 4.37. The molecule has 24 heavy (non-hydrogen) atoms. The molecule has 5 heteroatoms. The lowest BCUT2D eigenvalue weighted by Gasteiger charge is -2.28. The monoisotopic (exact) mass is 330 g/mol. The normalized spacial score (nSPS) is 14.5. The van der Waals surface area contributed by atoms with Crippen molar-refractivity contribution < 1.29 is 4.79 Å². The largest absolute Gasteiger partial charge is 0.296 e. The van der Waals surface area contributed by atoms with E-state index in [1.807, 2.05) is 19.1 Å². The molecule has 5 nitrogen and oxygen atoms in total. The number of amides is 1. The molecule has 0 atom stereocenters. The van der Waals surface area contributed by atoms with Gasteiger partial charge in [0, 0.05) is 18.2 Å². The maximum absolute atomic E-state index is 12.4. The van der Waals surface area contributed by atoms with Crippen LogP contribution in [-0.4, -0.2) is 20.4 Å². The van der Waals surface area contributed by atoms with Crippen LogP contribution < -0.4 is 5.32 Å². The van der Waals surface area contributed by atoms with Gasteiger partial charge >= 0.3 is 0 Å². The molecule has 0 unspecified atom stereocenters. The van der Waals surface area contributed by atoms with E-state index < -0.39 is 0 Å². The molecule has 0 bridgehead atoms. The molecule has 0 saturated heterocycles. The third-order valence-electron chi connectivity index (χ3n) is 5.00. The van der Waals surface area contributed by atoms with Gasteiger partial charge in [-0.15, -0.1) is 0 Å². The Bertz CT molecular complexity index is 699. The molecule has 2 aromatic rings. The fourth-order valence-electron chi connectivity index (χ4n) is 3.16. The molecule has 1 aliphatic carbocycles. The highest BCUT2D eigenvalue weighted by molar-refractivity contribution is 5.91. The number of fused-ring (bicyclic) bond motifs is 1. The first kappa shape index (κ1) is 18.4. The van der Waals surface area contributed by atoms with Gasteiger partial charge in [-0.25, -0.2) is 9.97 Å². The molecule has 1 N–H and O–H groups in total. The minimum atomic E-state index is 0. The van der Waals surface area contributed by atoms with Gasteiger partial charge in [-0.3, -0.25) is 14.7 Å². The molecule has 2 aromatic heterocycles. The summed E-state index contributed by atoms with van der Waals surface area (Å²) < 4.78 is 2.14. The van der Waals surface area contributed by atoms with Gasteiger partial charge in [0.1, 0.15) is 5.52 Å². The number of anilines is 1. The van der Waals surface area contributed by atoms with E-state index in [4.69, 9.17) is 0 Å². The Morgan fingerprint density at radius 1 is 1.29 bits per heavy atom. The Morgan fingerprint density at radius 2 is 2.00 bits per heavy atom. The van der Waals surface area contributed by atoms with Gasteiger partial charge in [-0.05, 0) is 44.2 Å². The SMILES string of the molecule is C.CCC(CC)CC(=O)Nc1nc2ccc(C)nc2n1C1CCC1. The first-order chi connectivity index (χ1) is 11.1. The predicted octanol–water partition coefficient (Wildman–Crippen LogP) is 4.87. The minimum Gasteiger partial charge on any atom is -0.296 e. The number of imidazole rings is 1. The van der Waals surface area contributed by atoms with E-state index in [9.17, 15) is 4.79 Å². The molecule has 1 saturated carbocycles. The Kier molecular flexibility index (Phi) is 5.97. The summed E-state index contributed by atoms with van der Waals surface area (Å²) >= 11 is 0. The zero-order chi connectivity index (χ0) is 16.4. The molecule has 1 aliphatic rings. The van der Waals surface area contributed by atoms with Crippen LogP contribution in [0.15, 0.2) is 12.1 Å². The van der Waals surface area contributed by atoms with Crippen LogP contribution in [0.2, 0.25) is 0 Å². The van der Waals surface area contributed by atoms with Gasteiger partial charge in [-0.2, -0.15) is 0 Å². The molecule has 2 heterocycles. The topological polar surface area (TPSA) is 59.8 Å². The molecule has 1 fully saturated rings. The van der Waals surface area contributed by atoms with E-state index in [-0.39, 0.29) is 13.3 Å². The second kappa shape index (κ2) is 7.77. The third-order valence-corrected chi connectivity index (χ3v) is 5.00. The zero-order valence-electron chi connectivity index (χ0n) is 14.3. The lowest BCUT2D eigenvalue weighted by molar-refractivity contribution is -0.117. The number of carbonyl (C=O) groups excluding carboxylic acids is 1. The van der Waals surface area contributed by atoms with Crippen LogP contribution in [0, 0.1) is 12.8 Å². The molecule has 0 aliphatic heterocycles. The van der Waals surface area contributed by atoms with E-state index in [0.29, 0.717) is 24.3 Å². The van der Waals surface area contributed by atoms with E-state index in [1.54, 1.807) is 0 Å². The summed E-state index contributed by atoms with van der Waals surface area (Å²) in [4.78, 5) is 21.7. The Balaban J connectivity index is 0.00000208. The fourth-order valence-corrected chi connectivity index (χ4v) is 3.16. The smallest absolute Gasteiger partial charge is 0.226 e. The average molecular weight is 330 g/mol. The molecular weight excluding hydrogens is 300 g/mol. The standard InChI is InChI=1S/C18H26N4O.CH4/c1-4-13(5-2)11-16(23)21-18-20-15-10-9-12(3)19-17(15)22(18)14-7-6-8-14;/h9-10,13-14H,4-8,11H2,1-3H3,(H,20,21,23);1H4. The summed E-state index contributed by atoms with van der Waals surface area (Å²) in [6.45, 7) is 6.26. The van der Waals surface area contributed by atoms with Crippen LogP contribution in [0.4, 0.5) is 5.95 Å².